The van der Waals surface area contributed by atoms with Gasteiger partial charge in [0.15, 0.2) is 5.65 Å². The van der Waals surface area contributed by atoms with Crippen molar-refractivity contribution in [3.05, 3.63) is 55.7 Å². The van der Waals surface area contributed by atoms with Gasteiger partial charge in [0.1, 0.15) is 16.5 Å². The lowest BCUT2D eigenvalue weighted by molar-refractivity contribution is 0.782. The molecule has 3 rings (SSSR count). The van der Waals surface area contributed by atoms with Crippen LogP contribution < -0.4 is 11.2 Å². The van der Waals surface area contributed by atoms with Crippen molar-refractivity contribution in [3.63, 3.8) is 0 Å². The molecular weight excluding hydrogens is 294 g/mol. The van der Waals surface area contributed by atoms with Crippen LogP contribution in [0.3, 0.4) is 0 Å². The summed E-state index contributed by atoms with van der Waals surface area (Å²) in [6, 6.07) is 3.68. The van der Waals surface area contributed by atoms with Crippen molar-refractivity contribution in [1.82, 2.24) is 24.9 Å². The number of pyridine rings is 1. The summed E-state index contributed by atoms with van der Waals surface area (Å²) < 4.78 is 0. The topological polar surface area (TPSA) is 107 Å². The molecule has 3 N–H and O–H groups in total. The number of imidazole rings is 1. The minimum Gasteiger partial charge on any atom is -0.336 e. The quantitative estimate of drug-likeness (QED) is 0.629. The maximum atomic E-state index is 11.6. The summed E-state index contributed by atoms with van der Waals surface area (Å²) in [5.74, 6) is 0.666. The van der Waals surface area contributed by atoms with E-state index in [-0.39, 0.29) is 11.2 Å². The molecule has 8 heteroatoms. The molecule has 108 valence electrons. The molecule has 0 amide bonds. The van der Waals surface area contributed by atoms with Crippen LogP contribution >= 0.6 is 11.6 Å². The molecule has 3 aromatic heterocycles. The molecule has 0 fully saturated rings. The third-order valence-corrected chi connectivity index (χ3v) is 3.33. The first-order valence-electron chi connectivity index (χ1n) is 6.43. The smallest absolute Gasteiger partial charge is 0.327 e. The maximum Gasteiger partial charge on any atom is 0.327 e. The summed E-state index contributed by atoms with van der Waals surface area (Å²) in [6.45, 7) is 0. The van der Waals surface area contributed by atoms with Crippen LogP contribution in [0.2, 0.25) is 5.15 Å². The summed E-state index contributed by atoms with van der Waals surface area (Å²) in [7, 11) is 0. The first-order chi connectivity index (χ1) is 10.1. The number of halogens is 1. The van der Waals surface area contributed by atoms with Gasteiger partial charge in [0.05, 0.1) is 0 Å². The van der Waals surface area contributed by atoms with Gasteiger partial charge in [0.2, 0.25) is 0 Å². The Kier molecular flexibility index (Phi) is 3.57. The van der Waals surface area contributed by atoms with E-state index in [9.17, 15) is 9.59 Å². The molecule has 3 aromatic rings. The predicted octanol–water partition coefficient (Wildman–Crippen LogP) is 1.16. The molecule has 0 atom stereocenters. The van der Waals surface area contributed by atoms with Crippen LogP contribution in [-0.2, 0) is 12.8 Å². The lowest BCUT2D eigenvalue weighted by atomic mass is 10.1. The lowest BCUT2D eigenvalue weighted by Crippen LogP contribution is -2.21. The second-order valence-corrected chi connectivity index (χ2v) is 5.05. The highest BCUT2D eigenvalue weighted by atomic mass is 35.5. The molecule has 0 saturated carbocycles. The fraction of sp³-hybridized carbons (Fsp3) is 0.231. The van der Waals surface area contributed by atoms with Gasteiger partial charge in [-0.25, -0.2) is 14.8 Å². The fourth-order valence-electron chi connectivity index (χ4n) is 2.11. The van der Waals surface area contributed by atoms with Gasteiger partial charge in [-0.05, 0) is 24.5 Å². The van der Waals surface area contributed by atoms with Crippen LogP contribution in [0.5, 0.6) is 0 Å². The monoisotopic (exact) mass is 305 g/mol. The molecule has 0 aliphatic carbocycles. The average molecular weight is 306 g/mol. The number of aromatic amines is 3. The second-order valence-electron chi connectivity index (χ2n) is 4.66. The van der Waals surface area contributed by atoms with Crippen molar-refractivity contribution < 1.29 is 0 Å². The highest BCUT2D eigenvalue weighted by molar-refractivity contribution is 6.29. The zero-order chi connectivity index (χ0) is 14.8. The highest BCUT2D eigenvalue weighted by Crippen LogP contribution is 2.10. The van der Waals surface area contributed by atoms with Gasteiger partial charge in [-0.1, -0.05) is 17.7 Å². The number of nitrogens with zero attached hydrogens (tertiary/aromatic N) is 2. The van der Waals surface area contributed by atoms with Crippen molar-refractivity contribution in [2.75, 3.05) is 0 Å². The van der Waals surface area contributed by atoms with E-state index in [4.69, 9.17) is 11.6 Å². The number of fused-ring (bicyclic) bond motifs is 1. The minimum absolute atomic E-state index is 0.284. The number of hydrogen-bond donors (Lipinski definition) is 3. The summed E-state index contributed by atoms with van der Waals surface area (Å²) in [5, 5.41) is 0.471. The maximum absolute atomic E-state index is 11.6. The van der Waals surface area contributed by atoms with Crippen LogP contribution in [0.15, 0.2) is 27.9 Å². The van der Waals surface area contributed by atoms with Gasteiger partial charge in [-0.3, -0.25) is 14.8 Å². The van der Waals surface area contributed by atoms with E-state index in [1.54, 1.807) is 12.3 Å². The number of aromatic nitrogens is 5. The number of aryl methyl sites for hydroxylation is 2. The summed E-state index contributed by atoms with van der Waals surface area (Å²) in [4.78, 5) is 38.5. The van der Waals surface area contributed by atoms with Crippen molar-refractivity contribution in [2.24, 2.45) is 0 Å². The van der Waals surface area contributed by atoms with E-state index < -0.39 is 11.2 Å². The van der Waals surface area contributed by atoms with Crippen LogP contribution in [0.25, 0.3) is 11.2 Å². The molecular formula is C13H12ClN5O2. The van der Waals surface area contributed by atoms with Crippen LogP contribution in [0.4, 0.5) is 0 Å². The SMILES string of the molecule is O=c1[nH]c(=O)c2[nH]c(CCCc3ccc(Cl)nc3)nc2[nH]1. The molecule has 0 bridgehead atoms. The Morgan fingerprint density at radius 3 is 2.71 bits per heavy atom. The van der Waals surface area contributed by atoms with E-state index in [2.05, 4.69) is 24.9 Å². The second kappa shape index (κ2) is 5.53. The van der Waals surface area contributed by atoms with E-state index >= 15 is 0 Å². The van der Waals surface area contributed by atoms with Gasteiger partial charge in [0, 0.05) is 12.6 Å². The third-order valence-electron chi connectivity index (χ3n) is 3.11. The van der Waals surface area contributed by atoms with E-state index in [0.717, 1.165) is 18.4 Å². The highest BCUT2D eigenvalue weighted by Gasteiger charge is 2.07. The Labute approximate surface area is 123 Å². The van der Waals surface area contributed by atoms with Crippen molar-refractivity contribution in [2.45, 2.75) is 19.3 Å². The van der Waals surface area contributed by atoms with E-state index in [1.807, 2.05) is 6.07 Å². The average Bonchev–Trinajstić information content (AvgIpc) is 2.84. The van der Waals surface area contributed by atoms with Crippen molar-refractivity contribution in [1.29, 1.82) is 0 Å². The van der Waals surface area contributed by atoms with Gasteiger partial charge in [-0.2, -0.15) is 0 Å². The lowest BCUT2D eigenvalue weighted by Gasteiger charge is -1.99. The Balaban J connectivity index is 1.71. The fourth-order valence-corrected chi connectivity index (χ4v) is 2.23. The number of rotatable bonds is 4. The predicted molar refractivity (Wildman–Crippen MR) is 78.6 cm³/mol. The van der Waals surface area contributed by atoms with Crippen LogP contribution in [0, 0.1) is 0 Å². The first-order valence-corrected chi connectivity index (χ1v) is 6.81. The molecule has 0 aromatic carbocycles. The standard InChI is InChI=1S/C13H12ClN5O2/c14-8-5-4-7(6-15-8)2-1-3-9-16-10-11(17-9)18-13(21)19-12(10)20/h4-6H,1-3H2,(H3,16,17,18,19,20,21). The Morgan fingerprint density at radius 1 is 1.10 bits per heavy atom. The van der Waals surface area contributed by atoms with Gasteiger partial charge in [-0.15, -0.1) is 0 Å². The number of nitrogens with one attached hydrogen (secondary N) is 3. The third kappa shape index (κ3) is 3.03. The molecule has 0 radical (unpaired) electrons. The van der Waals surface area contributed by atoms with Gasteiger partial charge in [0.25, 0.3) is 5.56 Å². The van der Waals surface area contributed by atoms with Gasteiger partial charge >= 0.3 is 5.69 Å². The van der Waals surface area contributed by atoms with Crippen molar-refractivity contribution in [3.8, 4) is 0 Å². The van der Waals surface area contributed by atoms with E-state index in [1.165, 1.54) is 0 Å². The molecule has 7 nitrogen and oxygen atoms in total. The summed E-state index contributed by atoms with van der Waals surface area (Å²) >= 11 is 5.73. The first kappa shape index (κ1) is 13.6. The molecule has 0 aliphatic heterocycles. The molecule has 21 heavy (non-hydrogen) atoms. The molecule has 0 spiro atoms. The normalized spacial score (nSPS) is 11.1. The minimum atomic E-state index is -0.558. The molecule has 0 aliphatic rings. The molecule has 0 unspecified atom stereocenters. The van der Waals surface area contributed by atoms with Crippen LogP contribution in [-0.4, -0.2) is 24.9 Å². The Bertz CT molecular complexity index is 878. The van der Waals surface area contributed by atoms with Crippen molar-refractivity contribution >= 4 is 22.8 Å². The zero-order valence-electron chi connectivity index (χ0n) is 10.9. The summed E-state index contributed by atoms with van der Waals surface area (Å²) in [6.07, 6.45) is 4.07. The zero-order valence-corrected chi connectivity index (χ0v) is 11.7. The van der Waals surface area contributed by atoms with Gasteiger partial charge < -0.3 is 4.98 Å². The number of H-pyrrole nitrogens is 3. The molecule has 0 saturated heterocycles. The van der Waals surface area contributed by atoms with E-state index in [0.29, 0.717) is 17.4 Å². The Morgan fingerprint density at radius 2 is 1.95 bits per heavy atom. The Hall–Kier alpha value is -2.41. The number of hydrogen-bond acceptors (Lipinski definition) is 4. The summed E-state index contributed by atoms with van der Waals surface area (Å²) in [5.41, 5.74) is 0.638. The largest absolute Gasteiger partial charge is 0.336 e. The van der Waals surface area contributed by atoms with Crippen LogP contribution in [0.1, 0.15) is 17.8 Å². The molecule has 3 heterocycles.